The molecule has 0 atom stereocenters. The van der Waals surface area contributed by atoms with Crippen LogP contribution < -0.4 is 0 Å². The summed E-state index contributed by atoms with van der Waals surface area (Å²) in [4.78, 5) is 0. The molecule has 0 saturated carbocycles. The Morgan fingerprint density at radius 2 is 0.875 bits per heavy atom. The monoisotopic (exact) mass is 208 g/mol. The minimum absolute atomic E-state index is 1.07. The van der Waals surface area contributed by atoms with E-state index in [0.29, 0.717) is 0 Å². The first kappa shape index (κ1) is 10.9. The van der Waals surface area contributed by atoms with Gasteiger partial charge in [0.05, 0.1) is 0 Å². The Morgan fingerprint density at radius 3 is 1.19 bits per heavy atom. The summed E-state index contributed by atoms with van der Waals surface area (Å²) < 4.78 is 0. The van der Waals surface area contributed by atoms with Crippen molar-refractivity contribution in [3.8, 4) is 0 Å². The van der Waals surface area contributed by atoms with Gasteiger partial charge in [-0.1, -0.05) is 48.5 Å². The molecule has 0 fully saturated rings. The topological polar surface area (TPSA) is 0 Å². The fourth-order valence-electron chi connectivity index (χ4n) is 1.70. The molecule has 0 aromatic heterocycles. The standard InChI is InChI=1S/C16H16/c1-13-3-7-15(8-4-13)11-12-16-9-5-14(2)6-10-16/h3-10H,1-2,11-12H2. The van der Waals surface area contributed by atoms with Crippen LogP contribution in [0.2, 0.25) is 0 Å². The molecule has 0 amide bonds. The third kappa shape index (κ3) is 2.96. The molecule has 0 heterocycles. The lowest BCUT2D eigenvalue weighted by Gasteiger charge is -2.03. The minimum atomic E-state index is 1.07. The van der Waals surface area contributed by atoms with E-state index in [1.807, 2.05) is 0 Å². The van der Waals surface area contributed by atoms with E-state index in [1.54, 1.807) is 0 Å². The van der Waals surface area contributed by atoms with Crippen LogP contribution in [0.15, 0.2) is 48.5 Å². The SMILES string of the molecule is [CH2]c1ccc(CCc2ccc([CH2])cc2)cc1. The Balaban J connectivity index is 1.97. The fourth-order valence-corrected chi connectivity index (χ4v) is 1.70. The smallest absolute Gasteiger partial charge is 0.0238 e. The van der Waals surface area contributed by atoms with Crippen LogP contribution in [-0.4, -0.2) is 0 Å². The van der Waals surface area contributed by atoms with E-state index in [0.717, 1.165) is 24.0 Å². The van der Waals surface area contributed by atoms with Gasteiger partial charge in [0.15, 0.2) is 0 Å². The summed E-state index contributed by atoms with van der Waals surface area (Å²) >= 11 is 0. The zero-order chi connectivity index (χ0) is 11.4. The van der Waals surface area contributed by atoms with Crippen LogP contribution in [0.4, 0.5) is 0 Å². The Hall–Kier alpha value is -1.56. The largest absolute Gasteiger partial charge is 0.0588 e. The molecule has 0 saturated heterocycles. The molecule has 0 aliphatic rings. The van der Waals surface area contributed by atoms with Crippen molar-refractivity contribution in [3.05, 3.63) is 84.6 Å². The summed E-state index contributed by atoms with van der Waals surface area (Å²) in [5, 5.41) is 0. The van der Waals surface area contributed by atoms with Crippen molar-refractivity contribution in [1.82, 2.24) is 0 Å². The average Bonchev–Trinajstić information content (AvgIpc) is 2.30. The number of hydrogen-bond acceptors (Lipinski definition) is 0. The van der Waals surface area contributed by atoms with Gasteiger partial charge in [0, 0.05) is 0 Å². The van der Waals surface area contributed by atoms with Gasteiger partial charge in [0.25, 0.3) is 0 Å². The summed E-state index contributed by atoms with van der Waals surface area (Å²) in [6, 6.07) is 16.9. The van der Waals surface area contributed by atoms with Crippen molar-refractivity contribution in [2.45, 2.75) is 12.8 Å². The van der Waals surface area contributed by atoms with E-state index in [9.17, 15) is 0 Å². The molecular formula is C16H16. The highest BCUT2D eigenvalue weighted by atomic mass is 14.0. The predicted octanol–water partition coefficient (Wildman–Crippen LogP) is 3.84. The maximum atomic E-state index is 3.88. The van der Waals surface area contributed by atoms with Crippen molar-refractivity contribution in [2.75, 3.05) is 0 Å². The summed E-state index contributed by atoms with van der Waals surface area (Å²) in [5.74, 6) is 0. The van der Waals surface area contributed by atoms with Crippen molar-refractivity contribution >= 4 is 0 Å². The summed E-state index contributed by atoms with van der Waals surface area (Å²) in [6.07, 6.45) is 2.16. The molecule has 2 rings (SSSR count). The maximum Gasteiger partial charge on any atom is -0.0238 e. The predicted molar refractivity (Wildman–Crippen MR) is 69.2 cm³/mol. The first-order valence-corrected chi connectivity index (χ1v) is 5.56. The summed E-state index contributed by atoms with van der Waals surface area (Å²) in [5.41, 5.74) is 4.88. The lowest BCUT2D eigenvalue weighted by Crippen LogP contribution is -1.91. The van der Waals surface area contributed by atoms with Gasteiger partial charge in [-0.25, -0.2) is 0 Å². The number of hydrogen-bond donors (Lipinski definition) is 0. The van der Waals surface area contributed by atoms with Crippen LogP contribution in [-0.2, 0) is 12.8 Å². The van der Waals surface area contributed by atoms with Gasteiger partial charge in [-0.3, -0.25) is 0 Å². The van der Waals surface area contributed by atoms with E-state index >= 15 is 0 Å². The van der Waals surface area contributed by atoms with Crippen LogP contribution in [0.5, 0.6) is 0 Å². The first-order chi connectivity index (χ1) is 7.74. The lowest BCUT2D eigenvalue weighted by atomic mass is 10.0. The quantitative estimate of drug-likeness (QED) is 0.719. The van der Waals surface area contributed by atoms with Crippen LogP contribution >= 0.6 is 0 Å². The Morgan fingerprint density at radius 1 is 0.562 bits per heavy atom. The number of aryl methyl sites for hydroxylation is 2. The van der Waals surface area contributed by atoms with Gasteiger partial charge < -0.3 is 0 Å². The second-order valence-electron chi connectivity index (χ2n) is 4.13. The Bertz CT molecular complexity index is 389. The highest BCUT2D eigenvalue weighted by Gasteiger charge is 1.95. The highest BCUT2D eigenvalue weighted by molar-refractivity contribution is 5.27. The summed E-state index contributed by atoms with van der Waals surface area (Å²) in [6.45, 7) is 7.77. The summed E-state index contributed by atoms with van der Waals surface area (Å²) in [7, 11) is 0. The molecule has 0 aliphatic heterocycles. The van der Waals surface area contributed by atoms with Gasteiger partial charge in [-0.15, -0.1) is 0 Å². The van der Waals surface area contributed by atoms with Gasteiger partial charge in [-0.05, 0) is 48.9 Å². The molecule has 16 heavy (non-hydrogen) atoms. The molecule has 0 heteroatoms. The maximum absolute atomic E-state index is 3.88. The van der Waals surface area contributed by atoms with E-state index in [1.165, 1.54) is 11.1 Å². The molecular weight excluding hydrogens is 192 g/mol. The molecule has 0 N–H and O–H groups in total. The lowest BCUT2D eigenvalue weighted by molar-refractivity contribution is 0.959. The molecule has 0 bridgehead atoms. The van der Waals surface area contributed by atoms with E-state index in [2.05, 4.69) is 62.4 Å². The van der Waals surface area contributed by atoms with Crippen LogP contribution in [0.1, 0.15) is 22.3 Å². The van der Waals surface area contributed by atoms with Crippen LogP contribution in [0, 0.1) is 13.8 Å². The normalized spacial score (nSPS) is 10.4. The molecule has 0 unspecified atom stereocenters. The van der Waals surface area contributed by atoms with Crippen molar-refractivity contribution in [3.63, 3.8) is 0 Å². The van der Waals surface area contributed by atoms with Crippen LogP contribution in [0.3, 0.4) is 0 Å². The molecule has 2 radical (unpaired) electrons. The number of rotatable bonds is 3. The highest BCUT2D eigenvalue weighted by Crippen LogP contribution is 2.09. The first-order valence-electron chi connectivity index (χ1n) is 5.56. The van der Waals surface area contributed by atoms with E-state index in [-0.39, 0.29) is 0 Å². The third-order valence-electron chi connectivity index (χ3n) is 2.75. The van der Waals surface area contributed by atoms with Gasteiger partial charge in [-0.2, -0.15) is 0 Å². The zero-order valence-electron chi connectivity index (χ0n) is 9.45. The van der Waals surface area contributed by atoms with E-state index < -0.39 is 0 Å². The van der Waals surface area contributed by atoms with Crippen molar-refractivity contribution in [2.24, 2.45) is 0 Å². The minimum Gasteiger partial charge on any atom is -0.0588 e. The van der Waals surface area contributed by atoms with Crippen molar-refractivity contribution in [1.29, 1.82) is 0 Å². The molecule has 2 aromatic rings. The average molecular weight is 208 g/mol. The molecule has 2 aromatic carbocycles. The Labute approximate surface area is 97.9 Å². The molecule has 0 aliphatic carbocycles. The van der Waals surface area contributed by atoms with E-state index in [4.69, 9.17) is 0 Å². The van der Waals surface area contributed by atoms with Gasteiger partial charge >= 0.3 is 0 Å². The van der Waals surface area contributed by atoms with Crippen molar-refractivity contribution < 1.29 is 0 Å². The third-order valence-corrected chi connectivity index (χ3v) is 2.75. The van der Waals surface area contributed by atoms with Gasteiger partial charge in [0.1, 0.15) is 0 Å². The Kier molecular flexibility index (Phi) is 3.40. The zero-order valence-corrected chi connectivity index (χ0v) is 9.45. The molecule has 80 valence electrons. The molecule has 0 spiro atoms. The number of benzene rings is 2. The van der Waals surface area contributed by atoms with Gasteiger partial charge in [0.2, 0.25) is 0 Å². The fraction of sp³-hybridized carbons (Fsp3) is 0.125. The second kappa shape index (κ2) is 4.98. The van der Waals surface area contributed by atoms with Crippen LogP contribution in [0.25, 0.3) is 0 Å². The molecule has 0 nitrogen and oxygen atoms in total. The second-order valence-corrected chi connectivity index (χ2v) is 4.13.